The molecular formula is C29H29N3O4. The van der Waals surface area contributed by atoms with Gasteiger partial charge in [0.25, 0.3) is 11.8 Å². The third-order valence-corrected chi connectivity index (χ3v) is 6.86. The van der Waals surface area contributed by atoms with Gasteiger partial charge in [-0.05, 0) is 91.3 Å². The molecule has 0 saturated heterocycles. The molecule has 2 aromatic carbocycles. The number of rotatable bonds is 5. The molecule has 0 spiro atoms. The number of fused-ring (bicyclic) bond motifs is 2. The fourth-order valence-corrected chi connectivity index (χ4v) is 5.14. The number of benzene rings is 2. The van der Waals surface area contributed by atoms with Crippen LogP contribution < -0.4 is 10.6 Å². The van der Waals surface area contributed by atoms with Crippen LogP contribution in [0, 0.1) is 0 Å². The van der Waals surface area contributed by atoms with E-state index >= 15 is 0 Å². The van der Waals surface area contributed by atoms with Crippen molar-refractivity contribution in [1.82, 2.24) is 4.98 Å². The Bertz CT molecular complexity index is 1400. The van der Waals surface area contributed by atoms with Crippen molar-refractivity contribution in [2.75, 3.05) is 17.7 Å². The largest absolute Gasteiger partial charge is 0.465 e. The van der Waals surface area contributed by atoms with Crippen molar-refractivity contribution >= 4 is 40.8 Å². The minimum Gasteiger partial charge on any atom is -0.465 e. The van der Waals surface area contributed by atoms with E-state index in [9.17, 15) is 14.4 Å². The van der Waals surface area contributed by atoms with Crippen LogP contribution in [0.15, 0.2) is 42.5 Å². The number of methoxy groups -OCH3 is 1. The zero-order valence-corrected chi connectivity index (χ0v) is 20.7. The van der Waals surface area contributed by atoms with Crippen LogP contribution in [0.1, 0.15) is 81.4 Å². The minimum atomic E-state index is -0.458. The number of esters is 1. The molecule has 0 saturated carbocycles. The smallest absolute Gasteiger partial charge is 0.337 e. The standard InChI is InChI=1S/C29H29N3O4/c1-16(2)26-20-6-4-5-7-23(20)31-25(26)15-22-21-14-19(12-13-24(21)32-28(22)34)30-27(33)17-8-10-18(11-9-17)29(35)36-3/h8-16,31H,4-7H2,1-3H3,(H,30,33)(H,32,34). The molecule has 184 valence electrons. The first kappa shape index (κ1) is 23.6. The van der Waals surface area contributed by atoms with Gasteiger partial charge >= 0.3 is 5.97 Å². The lowest BCUT2D eigenvalue weighted by atomic mass is 9.89. The minimum absolute atomic E-state index is 0.158. The van der Waals surface area contributed by atoms with Gasteiger partial charge in [0.05, 0.1) is 18.2 Å². The van der Waals surface area contributed by atoms with Gasteiger partial charge in [0.1, 0.15) is 0 Å². The van der Waals surface area contributed by atoms with Crippen molar-refractivity contribution in [3.63, 3.8) is 0 Å². The van der Waals surface area contributed by atoms with Crippen LogP contribution >= 0.6 is 0 Å². The Morgan fingerprint density at radius 1 is 1.03 bits per heavy atom. The summed E-state index contributed by atoms with van der Waals surface area (Å²) in [5.74, 6) is -0.585. The van der Waals surface area contributed by atoms with Gasteiger partial charge in [0.15, 0.2) is 0 Å². The molecule has 2 amide bonds. The first-order valence-corrected chi connectivity index (χ1v) is 12.3. The summed E-state index contributed by atoms with van der Waals surface area (Å²) in [6.07, 6.45) is 6.43. The fourth-order valence-electron chi connectivity index (χ4n) is 5.14. The molecule has 3 N–H and O–H groups in total. The van der Waals surface area contributed by atoms with Gasteiger partial charge in [-0.1, -0.05) is 13.8 Å². The molecular weight excluding hydrogens is 454 g/mol. The molecule has 0 unspecified atom stereocenters. The molecule has 2 heterocycles. The molecule has 3 aromatic rings. The molecule has 0 atom stereocenters. The van der Waals surface area contributed by atoms with Gasteiger partial charge in [-0.15, -0.1) is 0 Å². The summed E-state index contributed by atoms with van der Waals surface area (Å²) < 4.78 is 4.70. The van der Waals surface area contributed by atoms with E-state index < -0.39 is 5.97 Å². The summed E-state index contributed by atoms with van der Waals surface area (Å²) in [7, 11) is 1.31. The molecule has 1 aromatic heterocycles. The van der Waals surface area contributed by atoms with Gasteiger partial charge in [0, 0.05) is 33.9 Å². The average molecular weight is 484 g/mol. The number of hydrogen-bond donors (Lipinski definition) is 3. The van der Waals surface area contributed by atoms with Crippen molar-refractivity contribution in [2.24, 2.45) is 0 Å². The Morgan fingerprint density at radius 2 is 1.75 bits per heavy atom. The number of ether oxygens (including phenoxy) is 1. The van der Waals surface area contributed by atoms with Crippen molar-refractivity contribution in [2.45, 2.75) is 45.4 Å². The second kappa shape index (κ2) is 9.49. The Morgan fingerprint density at radius 3 is 2.47 bits per heavy atom. The summed E-state index contributed by atoms with van der Waals surface area (Å²) in [6.45, 7) is 4.38. The van der Waals surface area contributed by atoms with Gasteiger partial charge in [0.2, 0.25) is 0 Å². The quantitative estimate of drug-likeness (QED) is 0.327. The maximum absolute atomic E-state index is 12.9. The van der Waals surface area contributed by atoms with E-state index in [0.717, 1.165) is 24.1 Å². The molecule has 5 rings (SSSR count). The number of amides is 2. The number of nitrogens with one attached hydrogen (secondary N) is 3. The first-order chi connectivity index (χ1) is 17.4. The number of carbonyl (C=O) groups excluding carboxylic acids is 3. The lowest BCUT2D eigenvalue weighted by Gasteiger charge is -2.14. The topological polar surface area (TPSA) is 100 Å². The van der Waals surface area contributed by atoms with Crippen LogP contribution in [0.4, 0.5) is 11.4 Å². The molecule has 0 fully saturated rings. The molecule has 1 aliphatic heterocycles. The van der Waals surface area contributed by atoms with Crippen LogP contribution in [-0.4, -0.2) is 29.9 Å². The Balaban J connectivity index is 1.44. The predicted molar refractivity (Wildman–Crippen MR) is 140 cm³/mol. The number of anilines is 2. The molecule has 7 nitrogen and oxygen atoms in total. The van der Waals surface area contributed by atoms with Crippen LogP contribution in [0.5, 0.6) is 0 Å². The monoisotopic (exact) mass is 483 g/mol. The lowest BCUT2D eigenvalue weighted by Crippen LogP contribution is -2.12. The van der Waals surface area contributed by atoms with Crippen molar-refractivity contribution < 1.29 is 19.1 Å². The second-order valence-electron chi connectivity index (χ2n) is 9.57. The molecule has 36 heavy (non-hydrogen) atoms. The maximum Gasteiger partial charge on any atom is 0.337 e. The summed E-state index contributed by atoms with van der Waals surface area (Å²) >= 11 is 0. The van der Waals surface area contributed by atoms with Crippen molar-refractivity contribution in [3.05, 3.63) is 81.7 Å². The summed E-state index contributed by atoms with van der Waals surface area (Å²) in [4.78, 5) is 40.9. The first-order valence-electron chi connectivity index (χ1n) is 12.3. The van der Waals surface area contributed by atoms with Gasteiger partial charge in [-0.3, -0.25) is 9.59 Å². The van der Waals surface area contributed by atoms with Gasteiger partial charge in [-0.2, -0.15) is 0 Å². The Kier molecular flexibility index (Phi) is 6.22. The van der Waals surface area contributed by atoms with E-state index in [-0.39, 0.29) is 11.8 Å². The molecule has 0 radical (unpaired) electrons. The van der Waals surface area contributed by atoms with Crippen LogP contribution in [0.25, 0.3) is 11.6 Å². The summed E-state index contributed by atoms with van der Waals surface area (Å²) in [5, 5.41) is 5.83. The SMILES string of the molecule is COC(=O)c1ccc(C(=O)Nc2ccc3c(c2)C(=Cc2[nH]c4c(c2C(C)C)CCCC4)C(=O)N3)cc1. The molecule has 0 bridgehead atoms. The van der Waals surface area contributed by atoms with Crippen molar-refractivity contribution in [3.8, 4) is 0 Å². The molecule has 1 aliphatic carbocycles. The van der Waals surface area contributed by atoms with E-state index in [2.05, 4.69) is 29.5 Å². The number of aromatic nitrogens is 1. The Labute approximate surface area is 209 Å². The predicted octanol–water partition coefficient (Wildman–Crippen LogP) is 5.55. The maximum atomic E-state index is 12.9. The molecule has 2 aliphatic rings. The summed E-state index contributed by atoms with van der Waals surface area (Å²) in [5.41, 5.74) is 8.38. The van der Waals surface area contributed by atoms with Gasteiger partial charge in [-0.25, -0.2) is 4.79 Å². The highest BCUT2D eigenvalue weighted by molar-refractivity contribution is 6.35. The van der Waals surface area contributed by atoms with E-state index in [1.54, 1.807) is 36.4 Å². The number of carbonyl (C=O) groups is 3. The van der Waals surface area contributed by atoms with Crippen molar-refractivity contribution in [1.29, 1.82) is 0 Å². The Hall–Kier alpha value is -4.13. The van der Waals surface area contributed by atoms with Gasteiger partial charge < -0.3 is 20.4 Å². The fraction of sp³-hybridized carbons (Fsp3) is 0.276. The van der Waals surface area contributed by atoms with Crippen LogP contribution in [0.3, 0.4) is 0 Å². The third-order valence-electron chi connectivity index (χ3n) is 6.86. The number of H-pyrrole nitrogens is 1. The third kappa shape index (κ3) is 4.33. The molecule has 7 heteroatoms. The van der Waals surface area contributed by atoms with Crippen LogP contribution in [-0.2, 0) is 22.4 Å². The normalized spacial score (nSPS) is 15.4. The lowest BCUT2D eigenvalue weighted by molar-refractivity contribution is -0.110. The van der Waals surface area contributed by atoms with E-state index in [1.165, 1.54) is 36.8 Å². The van der Waals surface area contributed by atoms with Crippen LogP contribution in [0.2, 0.25) is 0 Å². The zero-order chi connectivity index (χ0) is 25.4. The van der Waals surface area contributed by atoms with E-state index in [1.807, 2.05) is 12.1 Å². The highest BCUT2D eigenvalue weighted by atomic mass is 16.5. The average Bonchev–Trinajstić information content (AvgIpc) is 3.40. The summed E-state index contributed by atoms with van der Waals surface area (Å²) in [6, 6.07) is 11.6. The number of hydrogen-bond acceptors (Lipinski definition) is 4. The highest BCUT2D eigenvalue weighted by Crippen LogP contribution is 2.38. The highest BCUT2D eigenvalue weighted by Gasteiger charge is 2.27. The number of aryl methyl sites for hydroxylation is 1. The zero-order valence-electron chi connectivity index (χ0n) is 20.7. The van der Waals surface area contributed by atoms with E-state index in [4.69, 9.17) is 4.74 Å². The second-order valence-corrected chi connectivity index (χ2v) is 9.57. The van der Waals surface area contributed by atoms with E-state index in [0.29, 0.717) is 34.0 Å². The number of aromatic amines is 1.